The molecule has 2 atom stereocenters. The molecule has 1 aromatic rings. The van der Waals surface area contributed by atoms with Crippen LogP contribution >= 0.6 is 0 Å². The Hall–Kier alpha value is -1.29. The molecule has 1 aliphatic heterocycles. The maximum atomic E-state index is 11.8. The molecule has 0 spiro atoms. The van der Waals surface area contributed by atoms with E-state index in [0.29, 0.717) is 29.2 Å². The number of amides is 1. The quantitative estimate of drug-likeness (QED) is 0.742. The van der Waals surface area contributed by atoms with E-state index in [9.17, 15) is 4.79 Å². The van der Waals surface area contributed by atoms with Crippen molar-refractivity contribution in [1.29, 1.82) is 0 Å². The summed E-state index contributed by atoms with van der Waals surface area (Å²) in [5, 5.41) is 6.36. The summed E-state index contributed by atoms with van der Waals surface area (Å²) in [6.07, 6.45) is 1.56. The lowest BCUT2D eigenvalue weighted by Gasteiger charge is -2.06. The van der Waals surface area contributed by atoms with Gasteiger partial charge in [0.05, 0.1) is 11.8 Å². The van der Waals surface area contributed by atoms with Crippen molar-refractivity contribution in [2.45, 2.75) is 13.0 Å². The molecule has 0 radical (unpaired) electrons. The molecule has 2 aliphatic rings. The Morgan fingerprint density at radius 1 is 1.53 bits per heavy atom. The third kappa shape index (κ3) is 1.36. The molecule has 2 heterocycles. The molecule has 4 heteroatoms. The predicted molar refractivity (Wildman–Crippen MR) is 54.5 cm³/mol. The van der Waals surface area contributed by atoms with Crippen molar-refractivity contribution >= 4 is 5.91 Å². The average molecular weight is 206 g/mol. The maximum Gasteiger partial charge on any atom is 0.255 e. The fourth-order valence-electron chi connectivity index (χ4n) is 2.48. The SMILES string of the molecule is Cc1occc1C(=O)NC1C2CNCC21. The number of carbonyl (C=O) groups excluding carboxylic acids is 1. The van der Waals surface area contributed by atoms with E-state index in [-0.39, 0.29) is 5.91 Å². The fraction of sp³-hybridized carbons (Fsp3) is 0.545. The summed E-state index contributed by atoms with van der Waals surface area (Å²) in [4.78, 5) is 11.8. The zero-order chi connectivity index (χ0) is 10.4. The normalized spacial score (nSPS) is 32.5. The van der Waals surface area contributed by atoms with Crippen molar-refractivity contribution in [2.24, 2.45) is 11.8 Å². The molecule has 1 saturated heterocycles. The number of rotatable bonds is 2. The minimum atomic E-state index is 0.000602. The Balaban J connectivity index is 1.65. The van der Waals surface area contributed by atoms with Gasteiger partial charge >= 0.3 is 0 Å². The van der Waals surface area contributed by atoms with E-state index in [1.165, 1.54) is 0 Å². The highest BCUT2D eigenvalue weighted by Gasteiger charge is 2.53. The van der Waals surface area contributed by atoms with Crippen LogP contribution in [-0.2, 0) is 0 Å². The Bertz CT molecular complexity index is 389. The first-order chi connectivity index (χ1) is 7.27. The highest BCUT2D eigenvalue weighted by atomic mass is 16.3. The summed E-state index contributed by atoms with van der Waals surface area (Å²) in [5.74, 6) is 2.00. The largest absolute Gasteiger partial charge is 0.469 e. The van der Waals surface area contributed by atoms with Crippen molar-refractivity contribution in [3.8, 4) is 0 Å². The van der Waals surface area contributed by atoms with E-state index in [1.54, 1.807) is 12.3 Å². The van der Waals surface area contributed by atoms with Gasteiger partial charge in [-0.15, -0.1) is 0 Å². The minimum absolute atomic E-state index is 0.000602. The minimum Gasteiger partial charge on any atom is -0.469 e. The zero-order valence-corrected chi connectivity index (χ0v) is 8.62. The van der Waals surface area contributed by atoms with Crippen LogP contribution in [-0.4, -0.2) is 25.0 Å². The molecule has 2 unspecified atom stereocenters. The Labute approximate surface area is 88.0 Å². The zero-order valence-electron chi connectivity index (χ0n) is 8.62. The number of aryl methyl sites for hydroxylation is 1. The van der Waals surface area contributed by atoms with Crippen molar-refractivity contribution in [2.75, 3.05) is 13.1 Å². The van der Waals surface area contributed by atoms with Crippen LogP contribution < -0.4 is 10.6 Å². The van der Waals surface area contributed by atoms with Crippen LogP contribution in [0.1, 0.15) is 16.1 Å². The number of hydrogen-bond donors (Lipinski definition) is 2. The summed E-state index contributed by atoms with van der Waals surface area (Å²) in [5.41, 5.74) is 0.660. The summed E-state index contributed by atoms with van der Waals surface area (Å²) in [6, 6.07) is 2.11. The molecule has 1 aliphatic carbocycles. The van der Waals surface area contributed by atoms with Gasteiger partial charge in [-0.25, -0.2) is 0 Å². The van der Waals surface area contributed by atoms with Crippen LogP contribution in [0, 0.1) is 18.8 Å². The topological polar surface area (TPSA) is 54.3 Å². The lowest BCUT2D eigenvalue weighted by Crippen LogP contribution is -2.32. The Kier molecular flexibility index (Phi) is 1.85. The van der Waals surface area contributed by atoms with Crippen LogP contribution in [0.2, 0.25) is 0 Å². The van der Waals surface area contributed by atoms with Gasteiger partial charge in [0, 0.05) is 19.1 Å². The second kappa shape index (κ2) is 3.10. The summed E-state index contributed by atoms with van der Waals surface area (Å²) >= 11 is 0. The van der Waals surface area contributed by atoms with Crippen molar-refractivity contribution in [1.82, 2.24) is 10.6 Å². The Morgan fingerprint density at radius 2 is 2.27 bits per heavy atom. The molecular weight excluding hydrogens is 192 g/mol. The molecule has 80 valence electrons. The monoisotopic (exact) mass is 206 g/mol. The highest BCUT2D eigenvalue weighted by molar-refractivity contribution is 5.95. The molecule has 1 aromatic heterocycles. The predicted octanol–water partition coefficient (Wildman–Crippen LogP) is 0.536. The maximum absolute atomic E-state index is 11.8. The number of nitrogens with one attached hydrogen (secondary N) is 2. The summed E-state index contributed by atoms with van der Waals surface area (Å²) in [7, 11) is 0. The van der Waals surface area contributed by atoms with Crippen LogP contribution in [0.4, 0.5) is 0 Å². The van der Waals surface area contributed by atoms with Crippen LogP contribution in [0.25, 0.3) is 0 Å². The standard InChI is InChI=1S/C11H14N2O2/c1-6-7(2-3-15-6)11(14)13-10-8-4-12-5-9(8)10/h2-3,8-10,12H,4-5H2,1H3,(H,13,14). The molecule has 2 fully saturated rings. The van der Waals surface area contributed by atoms with E-state index in [1.807, 2.05) is 6.92 Å². The third-order valence-electron chi connectivity index (χ3n) is 3.49. The van der Waals surface area contributed by atoms with E-state index in [2.05, 4.69) is 10.6 Å². The molecule has 2 N–H and O–H groups in total. The molecule has 0 aromatic carbocycles. The average Bonchev–Trinajstić information content (AvgIpc) is 2.66. The molecular formula is C11H14N2O2. The van der Waals surface area contributed by atoms with Gasteiger partial charge in [0.15, 0.2) is 0 Å². The first-order valence-corrected chi connectivity index (χ1v) is 5.33. The van der Waals surface area contributed by atoms with E-state index in [4.69, 9.17) is 4.42 Å². The number of carbonyl (C=O) groups is 1. The van der Waals surface area contributed by atoms with Gasteiger partial charge in [0.2, 0.25) is 0 Å². The van der Waals surface area contributed by atoms with Crippen molar-refractivity contribution in [3.05, 3.63) is 23.7 Å². The number of furan rings is 1. The molecule has 3 rings (SSSR count). The number of fused-ring (bicyclic) bond motifs is 1. The molecule has 1 amide bonds. The van der Waals surface area contributed by atoms with Gasteiger partial charge < -0.3 is 15.1 Å². The Morgan fingerprint density at radius 3 is 2.87 bits per heavy atom. The van der Waals surface area contributed by atoms with Crippen molar-refractivity contribution in [3.63, 3.8) is 0 Å². The fourth-order valence-corrected chi connectivity index (χ4v) is 2.48. The smallest absolute Gasteiger partial charge is 0.255 e. The number of hydrogen-bond acceptors (Lipinski definition) is 3. The number of piperidine rings is 1. The van der Waals surface area contributed by atoms with Gasteiger partial charge in [-0.1, -0.05) is 0 Å². The van der Waals surface area contributed by atoms with Gasteiger partial charge in [-0.05, 0) is 24.8 Å². The first kappa shape index (κ1) is 8.97. The second-order valence-corrected chi connectivity index (χ2v) is 4.38. The lowest BCUT2D eigenvalue weighted by molar-refractivity contribution is 0.0945. The van der Waals surface area contributed by atoms with Gasteiger partial charge in [-0.2, -0.15) is 0 Å². The highest BCUT2D eigenvalue weighted by Crippen LogP contribution is 2.41. The van der Waals surface area contributed by atoms with Gasteiger partial charge in [0.25, 0.3) is 5.91 Å². The van der Waals surface area contributed by atoms with E-state index >= 15 is 0 Å². The second-order valence-electron chi connectivity index (χ2n) is 4.38. The van der Waals surface area contributed by atoms with E-state index < -0.39 is 0 Å². The van der Waals surface area contributed by atoms with E-state index in [0.717, 1.165) is 13.1 Å². The summed E-state index contributed by atoms with van der Waals surface area (Å²) in [6.45, 7) is 3.89. The van der Waals surface area contributed by atoms with Crippen molar-refractivity contribution < 1.29 is 9.21 Å². The lowest BCUT2D eigenvalue weighted by atomic mass is 10.2. The third-order valence-corrected chi connectivity index (χ3v) is 3.49. The van der Waals surface area contributed by atoms with Crippen LogP contribution in [0.5, 0.6) is 0 Å². The van der Waals surface area contributed by atoms with Crippen LogP contribution in [0.15, 0.2) is 16.7 Å². The van der Waals surface area contributed by atoms with Crippen LogP contribution in [0.3, 0.4) is 0 Å². The van der Waals surface area contributed by atoms with Gasteiger partial charge in [0.1, 0.15) is 5.76 Å². The molecule has 4 nitrogen and oxygen atoms in total. The van der Waals surface area contributed by atoms with Gasteiger partial charge in [-0.3, -0.25) is 4.79 Å². The molecule has 0 bridgehead atoms. The summed E-state index contributed by atoms with van der Waals surface area (Å²) < 4.78 is 5.11. The first-order valence-electron chi connectivity index (χ1n) is 5.33. The molecule has 1 saturated carbocycles. The molecule has 15 heavy (non-hydrogen) atoms.